The van der Waals surface area contributed by atoms with Crippen molar-refractivity contribution in [2.24, 2.45) is 23.2 Å². The highest BCUT2D eigenvalue weighted by atomic mass is 16.3. The van der Waals surface area contributed by atoms with Gasteiger partial charge in [-0.1, -0.05) is 32.9 Å². The first kappa shape index (κ1) is 11.1. The van der Waals surface area contributed by atoms with Crippen LogP contribution in [0.3, 0.4) is 0 Å². The first-order valence-electron chi connectivity index (χ1n) is 6.79. The Morgan fingerprint density at radius 2 is 1.76 bits per heavy atom. The van der Waals surface area contributed by atoms with E-state index in [4.69, 9.17) is 0 Å². The van der Waals surface area contributed by atoms with Gasteiger partial charge < -0.3 is 5.11 Å². The molecule has 1 heteroatoms. The van der Waals surface area contributed by atoms with Crippen molar-refractivity contribution in [3.05, 3.63) is 29.8 Å². The van der Waals surface area contributed by atoms with Crippen LogP contribution in [-0.2, 0) is 0 Å². The molecule has 0 aliphatic heterocycles. The van der Waals surface area contributed by atoms with Crippen LogP contribution in [0.5, 0.6) is 5.75 Å². The van der Waals surface area contributed by atoms with Gasteiger partial charge in [0.05, 0.1) is 0 Å². The molecule has 1 aromatic carbocycles. The summed E-state index contributed by atoms with van der Waals surface area (Å²) in [6.07, 6.45) is 2.74. The molecule has 17 heavy (non-hydrogen) atoms. The number of benzene rings is 1. The molecule has 92 valence electrons. The molecular formula is C16H22O. The van der Waals surface area contributed by atoms with Crippen LogP contribution in [0.1, 0.15) is 45.1 Å². The lowest BCUT2D eigenvalue weighted by molar-refractivity contribution is 0.122. The van der Waals surface area contributed by atoms with Gasteiger partial charge in [0.1, 0.15) is 5.75 Å². The van der Waals surface area contributed by atoms with Gasteiger partial charge in [0.15, 0.2) is 0 Å². The number of fused-ring (bicyclic) bond motifs is 2. The second kappa shape index (κ2) is 3.51. The molecule has 1 nitrogen and oxygen atoms in total. The highest BCUT2D eigenvalue weighted by molar-refractivity contribution is 5.30. The third-order valence-electron chi connectivity index (χ3n) is 5.80. The van der Waals surface area contributed by atoms with Gasteiger partial charge in [-0.05, 0) is 59.6 Å². The number of hydrogen-bond donors (Lipinski definition) is 1. The summed E-state index contributed by atoms with van der Waals surface area (Å²) >= 11 is 0. The van der Waals surface area contributed by atoms with Crippen molar-refractivity contribution in [2.75, 3.05) is 0 Å². The quantitative estimate of drug-likeness (QED) is 0.767. The molecule has 4 unspecified atom stereocenters. The number of rotatable bonds is 1. The molecule has 1 aromatic rings. The van der Waals surface area contributed by atoms with Gasteiger partial charge in [0.2, 0.25) is 0 Å². The molecule has 0 spiro atoms. The van der Waals surface area contributed by atoms with Gasteiger partial charge >= 0.3 is 0 Å². The predicted molar refractivity (Wildman–Crippen MR) is 70.0 cm³/mol. The van der Waals surface area contributed by atoms with E-state index in [0.29, 0.717) is 11.2 Å². The van der Waals surface area contributed by atoms with Gasteiger partial charge in [0.25, 0.3) is 0 Å². The summed E-state index contributed by atoms with van der Waals surface area (Å²) in [7, 11) is 0. The molecule has 0 amide bonds. The number of phenols is 1. The van der Waals surface area contributed by atoms with Crippen LogP contribution in [0.2, 0.25) is 0 Å². The second-order valence-electron chi connectivity index (χ2n) is 6.64. The maximum Gasteiger partial charge on any atom is 0.115 e. The second-order valence-corrected chi connectivity index (χ2v) is 6.64. The van der Waals surface area contributed by atoms with E-state index in [0.717, 1.165) is 23.7 Å². The van der Waals surface area contributed by atoms with E-state index in [1.54, 1.807) is 0 Å². The van der Waals surface area contributed by atoms with E-state index in [2.05, 4.69) is 32.9 Å². The van der Waals surface area contributed by atoms with Crippen molar-refractivity contribution >= 4 is 0 Å². The van der Waals surface area contributed by atoms with Crippen LogP contribution in [0.25, 0.3) is 0 Å². The molecule has 3 rings (SSSR count). The molecule has 0 aromatic heterocycles. The molecule has 1 N–H and O–H groups in total. The molecule has 0 radical (unpaired) electrons. The minimum atomic E-state index is 0.380. The van der Waals surface area contributed by atoms with Crippen molar-refractivity contribution in [1.29, 1.82) is 0 Å². The Balaban J connectivity index is 1.88. The van der Waals surface area contributed by atoms with E-state index in [9.17, 15) is 5.11 Å². The maximum atomic E-state index is 9.37. The van der Waals surface area contributed by atoms with Gasteiger partial charge in [-0.3, -0.25) is 0 Å². The molecular weight excluding hydrogens is 208 g/mol. The standard InChI is InChI=1S/C16H22O/c1-10-14-8-12(16(10,2)3)9-15(14)11-4-6-13(17)7-5-11/h4-7,10,12,14-15,17H,8-9H2,1-3H3. The van der Waals surface area contributed by atoms with Crippen LogP contribution in [-0.4, -0.2) is 5.11 Å². The highest BCUT2D eigenvalue weighted by Crippen LogP contribution is 2.63. The van der Waals surface area contributed by atoms with Crippen molar-refractivity contribution in [3.8, 4) is 5.75 Å². The first-order valence-corrected chi connectivity index (χ1v) is 6.79. The topological polar surface area (TPSA) is 20.2 Å². The summed E-state index contributed by atoms with van der Waals surface area (Å²) in [5.41, 5.74) is 1.95. The Kier molecular flexibility index (Phi) is 2.30. The fourth-order valence-corrected chi connectivity index (χ4v) is 4.26. The van der Waals surface area contributed by atoms with Gasteiger partial charge in [-0.15, -0.1) is 0 Å². The molecule has 2 saturated carbocycles. The Labute approximate surface area is 104 Å². The lowest BCUT2D eigenvalue weighted by atomic mass is 9.65. The first-order chi connectivity index (χ1) is 8.00. The van der Waals surface area contributed by atoms with Crippen molar-refractivity contribution in [3.63, 3.8) is 0 Å². The van der Waals surface area contributed by atoms with E-state index in [1.807, 2.05) is 12.1 Å². The molecule has 2 fully saturated rings. The zero-order valence-electron chi connectivity index (χ0n) is 11.0. The number of phenolic OH excluding ortho intramolecular Hbond substituents is 1. The predicted octanol–water partition coefficient (Wildman–Crippen LogP) is 4.18. The summed E-state index contributed by atoms with van der Waals surface area (Å²) < 4.78 is 0. The van der Waals surface area contributed by atoms with Crippen molar-refractivity contribution in [1.82, 2.24) is 0 Å². The van der Waals surface area contributed by atoms with Crippen LogP contribution in [0, 0.1) is 23.2 Å². The molecule has 2 aliphatic carbocycles. The number of aromatic hydroxyl groups is 1. The zero-order chi connectivity index (χ0) is 12.2. The minimum Gasteiger partial charge on any atom is -0.508 e. The summed E-state index contributed by atoms with van der Waals surface area (Å²) in [5, 5.41) is 9.37. The average Bonchev–Trinajstić information content (AvgIpc) is 2.81. The fraction of sp³-hybridized carbons (Fsp3) is 0.625. The lowest BCUT2D eigenvalue weighted by Crippen LogP contribution is -2.32. The Morgan fingerprint density at radius 3 is 2.29 bits per heavy atom. The smallest absolute Gasteiger partial charge is 0.115 e. The largest absolute Gasteiger partial charge is 0.508 e. The fourth-order valence-electron chi connectivity index (χ4n) is 4.26. The highest BCUT2D eigenvalue weighted by Gasteiger charge is 2.54. The monoisotopic (exact) mass is 230 g/mol. The normalized spacial score (nSPS) is 38.5. The summed E-state index contributed by atoms with van der Waals surface area (Å²) in [4.78, 5) is 0. The summed E-state index contributed by atoms with van der Waals surface area (Å²) in [6, 6.07) is 7.88. The van der Waals surface area contributed by atoms with E-state index >= 15 is 0 Å². The Hall–Kier alpha value is -0.980. The Bertz CT molecular complexity index is 414. The zero-order valence-corrected chi connectivity index (χ0v) is 11.0. The van der Waals surface area contributed by atoms with Crippen LogP contribution in [0.4, 0.5) is 0 Å². The maximum absolute atomic E-state index is 9.37. The Morgan fingerprint density at radius 1 is 1.12 bits per heavy atom. The van der Waals surface area contributed by atoms with Crippen molar-refractivity contribution < 1.29 is 5.11 Å². The van der Waals surface area contributed by atoms with E-state index < -0.39 is 0 Å². The number of hydrogen-bond acceptors (Lipinski definition) is 1. The van der Waals surface area contributed by atoms with E-state index in [1.165, 1.54) is 18.4 Å². The molecule has 2 bridgehead atoms. The van der Waals surface area contributed by atoms with Crippen LogP contribution < -0.4 is 0 Å². The summed E-state index contributed by atoms with van der Waals surface area (Å²) in [6.45, 7) is 7.31. The third-order valence-corrected chi connectivity index (χ3v) is 5.80. The van der Waals surface area contributed by atoms with Crippen molar-refractivity contribution in [2.45, 2.75) is 39.5 Å². The molecule has 0 heterocycles. The third kappa shape index (κ3) is 1.51. The van der Waals surface area contributed by atoms with Crippen LogP contribution >= 0.6 is 0 Å². The van der Waals surface area contributed by atoms with Gasteiger partial charge in [-0.2, -0.15) is 0 Å². The molecule has 2 aliphatic rings. The lowest BCUT2D eigenvalue weighted by Gasteiger charge is -2.40. The van der Waals surface area contributed by atoms with Crippen LogP contribution in [0.15, 0.2) is 24.3 Å². The van der Waals surface area contributed by atoms with Gasteiger partial charge in [0, 0.05) is 0 Å². The van der Waals surface area contributed by atoms with Gasteiger partial charge in [-0.25, -0.2) is 0 Å². The molecule has 4 atom stereocenters. The SMILES string of the molecule is CC1C2CC(CC2c2ccc(O)cc2)C1(C)C. The summed E-state index contributed by atoms with van der Waals surface area (Å²) in [5.74, 6) is 3.66. The van der Waals surface area contributed by atoms with E-state index in [-0.39, 0.29) is 0 Å². The minimum absolute atomic E-state index is 0.380. The average molecular weight is 230 g/mol. The molecule has 0 saturated heterocycles.